The van der Waals surface area contributed by atoms with Crippen molar-refractivity contribution in [2.24, 2.45) is 10.4 Å². The Labute approximate surface area is 176 Å². The van der Waals surface area contributed by atoms with Crippen molar-refractivity contribution in [3.8, 4) is 0 Å². The number of guanidine groups is 1. The minimum Gasteiger partial charge on any atom is -0.385 e. The lowest BCUT2D eigenvalue weighted by Gasteiger charge is -2.43. The summed E-state index contributed by atoms with van der Waals surface area (Å²) in [5.74, 6) is 1.04. The van der Waals surface area contributed by atoms with Crippen LogP contribution in [0.15, 0.2) is 4.99 Å². The summed E-state index contributed by atoms with van der Waals surface area (Å²) in [7, 11) is 5.42. The average molecular weight is 483 g/mol. The SMILES string of the molecule is CN=C(NCC1(CCOC)CCC1)N1CCC(OCCCOC)CC1.I. The number of likely N-dealkylation sites (tertiary alicyclic amines) is 1. The van der Waals surface area contributed by atoms with Crippen LogP contribution in [0.4, 0.5) is 0 Å². The number of ether oxygens (including phenoxy) is 3. The smallest absolute Gasteiger partial charge is 0.193 e. The van der Waals surface area contributed by atoms with Crippen molar-refractivity contribution in [2.75, 3.05) is 60.7 Å². The van der Waals surface area contributed by atoms with Gasteiger partial charge in [0.2, 0.25) is 0 Å². The fourth-order valence-electron chi connectivity index (χ4n) is 3.80. The van der Waals surface area contributed by atoms with Crippen LogP contribution in [0.3, 0.4) is 0 Å². The predicted octanol–water partition coefficient (Wildman–Crippen LogP) is 2.90. The molecule has 2 fully saturated rings. The van der Waals surface area contributed by atoms with Crippen molar-refractivity contribution in [3.05, 3.63) is 0 Å². The summed E-state index contributed by atoms with van der Waals surface area (Å²) in [6, 6.07) is 0. The van der Waals surface area contributed by atoms with Crippen LogP contribution in [0.25, 0.3) is 0 Å². The van der Waals surface area contributed by atoms with Crippen molar-refractivity contribution < 1.29 is 14.2 Å². The van der Waals surface area contributed by atoms with E-state index in [2.05, 4.69) is 15.2 Å². The summed E-state index contributed by atoms with van der Waals surface area (Å²) >= 11 is 0. The predicted molar refractivity (Wildman–Crippen MR) is 117 cm³/mol. The lowest BCUT2D eigenvalue weighted by Crippen LogP contribution is -2.51. The molecule has 0 radical (unpaired) electrons. The van der Waals surface area contributed by atoms with Gasteiger partial charge < -0.3 is 24.4 Å². The van der Waals surface area contributed by atoms with Crippen LogP contribution in [0, 0.1) is 5.41 Å². The van der Waals surface area contributed by atoms with Crippen molar-refractivity contribution in [2.45, 2.75) is 51.0 Å². The normalized spacial score (nSPS) is 20.4. The third-order valence-corrected chi connectivity index (χ3v) is 5.67. The van der Waals surface area contributed by atoms with Gasteiger partial charge in [-0.2, -0.15) is 0 Å². The first kappa shape index (κ1) is 23.9. The van der Waals surface area contributed by atoms with Gasteiger partial charge in [0.05, 0.1) is 6.10 Å². The number of piperidine rings is 1. The number of hydrogen-bond acceptors (Lipinski definition) is 4. The Balaban J connectivity index is 0.00000338. The largest absolute Gasteiger partial charge is 0.385 e. The van der Waals surface area contributed by atoms with E-state index in [1.807, 2.05) is 7.05 Å². The number of hydrogen-bond donors (Lipinski definition) is 1. The zero-order valence-corrected chi connectivity index (χ0v) is 19.1. The van der Waals surface area contributed by atoms with Gasteiger partial charge in [-0.05, 0) is 43.9 Å². The first-order valence-electron chi connectivity index (χ1n) is 9.78. The second-order valence-electron chi connectivity index (χ2n) is 7.40. The van der Waals surface area contributed by atoms with Gasteiger partial charge in [-0.15, -0.1) is 24.0 Å². The van der Waals surface area contributed by atoms with Crippen LogP contribution in [0.2, 0.25) is 0 Å². The molecule has 0 amide bonds. The zero-order valence-electron chi connectivity index (χ0n) is 16.8. The number of aliphatic imine (C=N–C) groups is 1. The highest BCUT2D eigenvalue weighted by atomic mass is 127. The summed E-state index contributed by atoms with van der Waals surface area (Å²) in [6.07, 6.45) is 8.59. The quantitative estimate of drug-likeness (QED) is 0.224. The van der Waals surface area contributed by atoms with Crippen LogP contribution in [0.1, 0.15) is 44.9 Å². The van der Waals surface area contributed by atoms with E-state index >= 15 is 0 Å². The summed E-state index contributed by atoms with van der Waals surface area (Å²) in [5, 5.41) is 3.63. The number of rotatable bonds is 10. The van der Waals surface area contributed by atoms with Crippen LogP contribution < -0.4 is 5.32 Å². The molecule has 2 aliphatic rings. The van der Waals surface area contributed by atoms with Crippen molar-refractivity contribution in [1.82, 2.24) is 10.2 Å². The second kappa shape index (κ2) is 13.1. The minimum atomic E-state index is 0. The fourth-order valence-corrected chi connectivity index (χ4v) is 3.80. The molecule has 2 rings (SSSR count). The van der Waals surface area contributed by atoms with E-state index < -0.39 is 0 Å². The van der Waals surface area contributed by atoms with Crippen LogP contribution in [0.5, 0.6) is 0 Å². The molecular formula is C19H38IN3O3. The fraction of sp³-hybridized carbons (Fsp3) is 0.947. The maximum atomic E-state index is 5.95. The number of nitrogens with zero attached hydrogens (tertiary/aromatic N) is 2. The number of nitrogens with one attached hydrogen (secondary N) is 1. The molecule has 6 nitrogen and oxygen atoms in total. The van der Waals surface area contributed by atoms with Gasteiger partial charge in [-0.3, -0.25) is 4.99 Å². The minimum absolute atomic E-state index is 0. The van der Waals surface area contributed by atoms with E-state index in [4.69, 9.17) is 14.2 Å². The maximum Gasteiger partial charge on any atom is 0.193 e. The second-order valence-corrected chi connectivity index (χ2v) is 7.40. The van der Waals surface area contributed by atoms with Crippen molar-refractivity contribution in [1.29, 1.82) is 0 Å². The zero-order chi connectivity index (χ0) is 18.0. The third kappa shape index (κ3) is 7.48. The Morgan fingerprint density at radius 3 is 2.35 bits per heavy atom. The van der Waals surface area contributed by atoms with Gasteiger partial charge in [0.25, 0.3) is 0 Å². The topological polar surface area (TPSA) is 55.3 Å². The summed E-state index contributed by atoms with van der Waals surface area (Å²) in [6.45, 7) is 5.47. The summed E-state index contributed by atoms with van der Waals surface area (Å²) in [4.78, 5) is 6.88. The first-order valence-corrected chi connectivity index (χ1v) is 9.78. The average Bonchev–Trinajstić information content (AvgIpc) is 2.61. The number of methoxy groups -OCH3 is 2. The molecule has 1 heterocycles. The molecular weight excluding hydrogens is 445 g/mol. The third-order valence-electron chi connectivity index (χ3n) is 5.67. The van der Waals surface area contributed by atoms with Gasteiger partial charge in [0.15, 0.2) is 5.96 Å². The molecule has 154 valence electrons. The molecule has 1 N–H and O–H groups in total. The Hall–Kier alpha value is -0.120. The Kier molecular flexibility index (Phi) is 12.1. The summed E-state index contributed by atoms with van der Waals surface area (Å²) < 4.78 is 16.3. The molecule has 0 aromatic rings. The maximum absolute atomic E-state index is 5.95. The molecule has 0 bridgehead atoms. The Morgan fingerprint density at radius 2 is 1.81 bits per heavy atom. The molecule has 0 aromatic carbocycles. The molecule has 0 aromatic heterocycles. The van der Waals surface area contributed by atoms with Gasteiger partial charge in [-0.1, -0.05) is 6.42 Å². The molecule has 26 heavy (non-hydrogen) atoms. The van der Waals surface area contributed by atoms with Crippen LogP contribution in [-0.2, 0) is 14.2 Å². The van der Waals surface area contributed by atoms with E-state index in [1.54, 1.807) is 14.2 Å². The lowest BCUT2D eigenvalue weighted by atomic mass is 9.67. The molecule has 1 aliphatic carbocycles. The molecule has 0 spiro atoms. The van der Waals surface area contributed by atoms with E-state index in [9.17, 15) is 0 Å². The first-order chi connectivity index (χ1) is 12.2. The molecule has 1 saturated heterocycles. The van der Waals surface area contributed by atoms with Gasteiger partial charge in [-0.25, -0.2) is 0 Å². The monoisotopic (exact) mass is 483 g/mol. The summed E-state index contributed by atoms with van der Waals surface area (Å²) in [5.41, 5.74) is 0.411. The van der Waals surface area contributed by atoms with Gasteiger partial charge in [0, 0.05) is 60.7 Å². The van der Waals surface area contributed by atoms with Crippen LogP contribution in [-0.4, -0.2) is 77.7 Å². The van der Waals surface area contributed by atoms with E-state index in [0.29, 0.717) is 11.5 Å². The van der Waals surface area contributed by atoms with Gasteiger partial charge in [0.1, 0.15) is 0 Å². The number of halogens is 1. The van der Waals surface area contributed by atoms with E-state index in [0.717, 1.165) is 71.1 Å². The molecule has 1 saturated carbocycles. The molecule has 7 heteroatoms. The standard InChI is InChI=1S/C19H37N3O3.HI/c1-20-18(21-16-19(8-4-9-19)10-15-24-3)22-11-6-17(7-12-22)25-14-5-13-23-2;/h17H,4-16H2,1-3H3,(H,20,21);1H. The van der Waals surface area contributed by atoms with E-state index in [-0.39, 0.29) is 24.0 Å². The molecule has 0 atom stereocenters. The highest BCUT2D eigenvalue weighted by Gasteiger charge is 2.37. The van der Waals surface area contributed by atoms with E-state index in [1.165, 1.54) is 19.3 Å². The van der Waals surface area contributed by atoms with Gasteiger partial charge >= 0.3 is 0 Å². The lowest BCUT2D eigenvalue weighted by molar-refractivity contribution is 0.00956. The Bertz CT molecular complexity index is 397. The molecule has 0 unspecified atom stereocenters. The molecule has 1 aliphatic heterocycles. The van der Waals surface area contributed by atoms with Crippen molar-refractivity contribution >= 4 is 29.9 Å². The highest BCUT2D eigenvalue weighted by molar-refractivity contribution is 14.0. The van der Waals surface area contributed by atoms with Crippen molar-refractivity contribution in [3.63, 3.8) is 0 Å². The highest BCUT2D eigenvalue weighted by Crippen LogP contribution is 2.43. The van der Waals surface area contributed by atoms with Crippen LogP contribution >= 0.6 is 24.0 Å². The Morgan fingerprint density at radius 1 is 1.12 bits per heavy atom.